The number of ether oxygens (including phenoxy) is 1. The van der Waals surface area contributed by atoms with Crippen LogP contribution in [0.4, 0.5) is 0 Å². The lowest BCUT2D eigenvalue weighted by Gasteiger charge is -2.46. The summed E-state index contributed by atoms with van der Waals surface area (Å²) in [5.74, 6) is 1.67. The molecule has 2 nitrogen and oxygen atoms in total. The number of phenols is 1. The van der Waals surface area contributed by atoms with Crippen LogP contribution >= 0.6 is 0 Å². The molecule has 1 aliphatic heterocycles. The molecule has 0 saturated carbocycles. The second kappa shape index (κ2) is 6.22. The lowest BCUT2D eigenvalue weighted by Crippen LogP contribution is -2.45. The highest BCUT2D eigenvalue weighted by Gasteiger charge is 2.45. The maximum Gasteiger partial charge on any atom is 0.127 e. The number of unbranched alkanes of at least 4 members (excludes halogenated alkanes) is 1. The Morgan fingerprint density at radius 2 is 2.13 bits per heavy atom. The third-order valence-electron chi connectivity index (χ3n) is 5.43. The number of aryl methyl sites for hydroxylation is 1. The molecule has 2 heteroatoms. The smallest absolute Gasteiger partial charge is 0.127 e. The molecule has 3 rings (SSSR count). The van der Waals surface area contributed by atoms with Gasteiger partial charge in [-0.15, -0.1) is 0 Å². The van der Waals surface area contributed by atoms with Gasteiger partial charge in [0.25, 0.3) is 0 Å². The quantitative estimate of drug-likeness (QED) is 0.718. The number of aromatic hydroxyl groups is 1. The van der Waals surface area contributed by atoms with Gasteiger partial charge >= 0.3 is 0 Å². The van der Waals surface area contributed by atoms with Crippen LogP contribution in [0.3, 0.4) is 0 Å². The lowest BCUT2D eigenvalue weighted by atomic mass is 9.68. The van der Waals surface area contributed by atoms with Crippen LogP contribution < -0.4 is 4.74 Å². The molecule has 1 N–H and O–H groups in total. The van der Waals surface area contributed by atoms with Gasteiger partial charge in [0.1, 0.15) is 17.1 Å². The summed E-state index contributed by atoms with van der Waals surface area (Å²) < 4.78 is 14.7. The standard InChI is InChI=1S/C21H30O2/c1-5-6-7-8-15-12-18(22)20-16-11-14(2)9-10-17(16)21(3,4)23-19(20)13-15/h11-13,16-17,22H,5-10H2,1-4H3/i8T. The van der Waals surface area contributed by atoms with Gasteiger partial charge in [0.05, 0.1) is 0 Å². The van der Waals surface area contributed by atoms with Gasteiger partial charge in [0.15, 0.2) is 0 Å². The average Bonchev–Trinajstić information content (AvgIpc) is 2.50. The predicted molar refractivity (Wildman–Crippen MR) is 95.3 cm³/mol. The number of hydrogen-bond donors (Lipinski definition) is 1. The second-order valence-corrected chi connectivity index (χ2v) is 7.69. The van der Waals surface area contributed by atoms with E-state index in [-0.39, 0.29) is 17.9 Å². The van der Waals surface area contributed by atoms with E-state index in [0.29, 0.717) is 11.7 Å². The van der Waals surface area contributed by atoms with E-state index >= 15 is 0 Å². The third kappa shape index (κ3) is 3.13. The Hall–Kier alpha value is -1.44. The maximum atomic E-state index is 10.7. The minimum atomic E-state index is -0.297. The van der Waals surface area contributed by atoms with Crippen molar-refractivity contribution in [2.24, 2.45) is 5.92 Å². The van der Waals surface area contributed by atoms with Crippen LogP contribution in [0.2, 0.25) is 0 Å². The summed E-state index contributed by atoms with van der Waals surface area (Å²) in [4.78, 5) is 0. The van der Waals surface area contributed by atoms with Gasteiger partial charge in [0, 0.05) is 18.8 Å². The Balaban J connectivity index is 2.03. The van der Waals surface area contributed by atoms with Gasteiger partial charge in [-0.25, -0.2) is 0 Å². The van der Waals surface area contributed by atoms with Crippen LogP contribution in [0.1, 0.15) is 78.2 Å². The number of hydrogen-bond acceptors (Lipinski definition) is 2. The van der Waals surface area contributed by atoms with Crippen molar-refractivity contribution in [3.63, 3.8) is 0 Å². The van der Waals surface area contributed by atoms with Gasteiger partial charge in [0.2, 0.25) is 0 Å². The summed E-state index contributed by atoms with van der Waals surface area (Å²) in [6.07, 6.45) is 7.16. The fourth-order valence-electron chi connectivity index (χ4n) is 4.14. The molecule has 0 bridgehead atoms. The Morgan fingerprint density at radius 1 is 1.35 bits per heavy atom. The van der Waals surface area contributed by atoms with Crippen molar-refractivity contribution in [2.75, 3.05) is 0 Å². The van der Waals surface area contributed by atoms with Crippen molar-refractivity contribution in [2.45, 2.75) is 77.7 Å². The molecule has 1 heterocycles. The molecule has 0 radical (unpaired) electrons. The molecule has 0 spiro atoms. The minimum Gasteiger partial charge on any atom is -0.507 e. The van der Waals surface area contributed by atoms with Crippen LogP contribution in [0.15, 0.2) is 23.8 Å². The van der Waals surface area contributed by atoms with Crippen LogP contribution in [-0.4, -0.2) is 10.7 Å². The highest BCUT2D eigenvalue weighted by atomic mass is 16.5. The summed E-state index contributed by atoms with van der Waals surface area (Å²) in [5.41, 5.74) is 2.93. The zero-order valence-corrected chi connectivity index (χ0v) is 14.9. The van der Waals surface area contributed by atoms with Crippen molar-refractivity contribution in [3.05, 3.63) is 34.9 Å². The zero-order chi connectivity index (χ0) is 17.5. The normalized spacial score (nSPS) is 27.1. The molecule has 126 valence electrons. The van der Waals surface area contributed by atoms with Crippen molar-refractivity contribution < 1.29 is 11.2 Å². The van der Waals surface area contributed by atoms with Gasteiger partial charge < -0.3 is 9.84 Å². The monoisotopic (exact) mass is 316 g/mol. The molecule has 1 aromatic rings. The molecule has 0 saturated heterocycles. The van der Waals surface area contributed by atoms with E-state index in [4.69, 9.17) is 6.11 Å². The molecule has 0 aromatic heterocycles. The van der Waals surface area contributed by atoms with E-state index in [1.54, 1.807) is 6.07 Å². The SMILES string of the molecule is [3H]C(CCCC)c1cc(O)c2c(c1)OC(C)(C)C1CCC(C)=CC21. The predicted octanol–water partition coefficient (Wildman–Crippen LogP) is 5.74. The van der Waals surface area contributed by atoms with Gasteiger partial charge in [-0.3, -0.25) is 0 Å². The van der Waals surface area contributed by atoms with Crippen LogP contribution in [0, 0.1) is 5.92 Å². The first-order chi connectivity index (χ1) is 11.3. The first-order valence-corrected chi connectivity index (χ1v) is 8.99. The zero-order valence-electron chi connectivity index (χ0n) is 15.9. The molecule has 23 heavy (non-hydrogen) atoms. The fraction of sp³-hybridized carbons (Fsp3) is 0.619. The van der Waals surface area contributed by atoms with Crippen molar-refractivity contribution >= 4 is 0 Å². The maximum absolute atomic E-state index is 10.7. The lowest BCUT2D eigenvalue weighted by molar-refractivity contribution is 0.0107. The van der Waals surface area contributed by atoms with E-state index in [1.807, 2.05) is 6.07 Å². The van der Waals surface area contributed by atoms with E-state index in [2.05, 4.69) is 33.8 Å². The average molecular weight is 316 g/mol. The molecule has 3 atom stereocenters. The molecular formula is C21H30O2. The van der Waals surface area contributed by atoms with E-state index in [9.17, 15) is 5.11 Å². The molecule has 2 aliphatic rings. The van der Waals surface area contributed by atoms with E-state index in [0.717, 1.165) is 49.0 Å². The first-order valence-electron chi connectivity index (χ1n) is 9.56. The molecule has 0 fully saturated rings. The summed E-state index contributed by atoms with van der Waals surface area (Å²) in [5, 5.41) is 10.7. The van der Waals surface area contributed by atoms with Gasteiger partial charge in [-0.2, -0.15) is 0 Å². The number of rotatable bonds is 4. The van der Waals surface area contributed by atoms with Crippen LogP contribution in [0.25, 0.3) is 0 Å². The summed E-state index contributed by atoms with van der Waals surface area (Å²) >= 11 is 0. The molecular weight excluding hydrogens is 284 g/mol. The highest BCUT2D eigenvalue weighted by molar-refractivity contribution is 5.53. The first kappa shape index (κ1) is 15.1. The molecule has 1 aromatic carbocycles. The largest absolute Gasteiger partial charge is 0.507 e. The van der Waals surface area contributed by atoms with Gasteiger partial charge in [-0.1, -0.05) is 31.4 Å². The molecule has 0 amide bonds. The Morgan fingerprint density at radius 3 is 2.87 bits per heavy atom. The number of benzene rings is 1. The highest BCUT2D eigenvalue weighted by Crippen LogP contribution is 2.53. The third-order valence-corrected chi connectivity index (χ3v) is 5.43. The molecule has 3 unspecified atom stereocenters. The molecule has 1 aliphatic carbocycles. The minimum absolute atomic E-state index is 0.214. The van der Waals surface area contributed by atoms with E-state index in [1.165, 1.54) is 5.57 Å². The summed E-state index contributed by atoms with van der Waals surface area (Å²) in [6.45, 7) is 8.62. The topological polar surface area (TPSA) is 29.5 Å². The Labute approximate surface area is 142 Å². The number of fused-ring (bicyclic) bond motifs is 3. The van der Waals surface area contributed by atoms with Crippen molar-refractivity contribution in [1.82, 2.24) is 0 Å². The Bertz CT molecular complexity index is 647. The van der Waals surface area contributed by atoms with E-state index < -0.39 is 0 Å². The van der Waals surface area contributed by atoms with Crippen molar-refractivity contribution in [3.8, 4) is 11.5 Å². The van der Waals surface area contributed by atoms with Gasteiger partial charge in [-0.05, 0) is 64.1 Å². The Kier molecular flexibility index (Phi) is 4.09. The van der Waals surface area contributed by atoms with Crippen LogP contribution in [0.5, 0.6) is 11.5 Å². The van der Waals surface area contributed by atoms with Crippen molar-refractivity contribution in [1.29, 1.82) is 0 Å². The van der Waals surface area contributed by atoms with Crippen LogP contribution in [-0.2, 0) is 6.40 Å². The summed E-state index contributed by atoms with van der Waals surface area (Å²) in [6, 6.07) is 3.79. The number of allylic oxidation sites excluding steroid dienone is 2. The second-order valence-electron chi connectivity index (χ2n) is 7.69. The fourth-order valence-corrected chi connectivity index (χ4v) is 4.14. The number of phenolic OH excluding ortho intramolecular Hbond substituents is 1. The summed E-state index contributed by atoms with van der Waals surface area (Å²) in [7, 11) is 0.